The molecule has 0 saturated carbocycles. The maximum Gasteiger partial charge on any atom is 0.306 e. The van der Waals surface area contributed by atoms with E-state index in [0.29, 0.717) is 12.8 Å². The van der Waals surface area contributed by atoms with Crippen LogP contribution in [0.15, 0.2) is 146 Å². The van der Waals surface area contributed by atoms with Crippen molar-refractivity contribution in [3.63, 3.8) is 0 Å². The lowest BCUT2D eigenvalue weighted by Gasteiger charge is -2.15. The topological polar surface area (TPSA) is 72.8 Å². The molecule has 430 valence electrons. The first-order valence-electron chi connectivity index (χ1n) is 31.4. The van der Waals surface area contributed by atoms with E-state index < -0.39 is 6.10 Å². The number of unbranched alkanes of at least 4 members (excludes halogenated alkanes) is 24. The Morgan fingerprint density at radius 1 is 0.303 bits per heavy atom. The summed E-state index contributed by atoms with van der Waals surface area (Å²) in [5, 5.41) is 9.68. The zero-order valence-corrected chi connectivity index (χ0v) is 49.2. The van der Waals surface area contributed by atoms with Crippen LogP contribution in [-0.2, 0) is 19.1 Å². The van der Waals surface area contributed by atoms with Crippen LogP contribution >= 0.6 is 0 Å². The Kier molecular flexibility index (Phi) is 61.5. The summed E-state index contributed by atoms with van der Waals surface area (Å²) in [5.41, 5.74) is 0. The predicted octanol–water partition coefficient (Wildman–Crippen LogP) is 21.8. The molecule has 0 saturated heterocycles. The van der Waals surface area contributed by atoms with Crippen LogP contribution in [0.4, 0.5) is 0 Å². The largest absolute Gasteiger partial charge is 0.462 e. The van der Waals surface area contributed by atoms with Gasteiger partial charge >= 0.3 is 11.9 Å². The summed E-state index contributed by atoms with van der Waals surface area (Å²) in [6.45, 7) is 3.90. The van der Waals surface area contributed by atoms with Gasteiger partial charge in [-0.3, -0.25) is 9.59 Å². The van der Waals surface area contributed by atoms with Crippen LogP contribution in [0, 0.1) is 0 Å². The van der Waals surface area contributed by atoms with Gasteiger partial charge in [0.1, 0.15) is 6.61 Å². The normalized spacial score (nSPS) is 13.2. The molecule has 1 atom stereocenters. The smallest absolute Gasteiger partial charge is 0.306 e. The van der Waals surface area contributed by atoms with Crippen LogP contribution in [0.5, 0.6) is 0 Å². The van der Waals surface area contributed by atoms with Gasteiger partial charge in [0, 0.05) is 12.8 Å². The van der Waals surface area contributed by atoms with E-state index in [1.807, 2.05) is 0 Å². The molecule has 0 aromatic heterocycles. The van der Waals surface area contributed by atoms with E-state index >= 15 is 0 Å². The zero-order valence-electron chi connectivity index (χ0n) is 49.2. The number of rotatable bonds is 56. The van der Waals surface area contributed by atoms with E-state index in [2.05, 4.69) is 160 Å². The summed E-state index contributed by atoms with van der Waals surface area (Å²) in [7, 11) is 0. The zero-order chi connectivity index (χ0) is 54.8. The van der Waals surface area contributed by atoms with Crippen molar-refractivity contribution in [2.45, 2.75) is 277 Å². The number of carbonyl (C=O) groups excluding carboxylic acids is 2. The second kappa shape index (κ2) is 65.1. The lowest BCUT2D eigenvalue weighted by molar-refractivity contribution is -0.161. The highest BCUT2D eigenvalue weighted by Crippen LogP contribution is 2.16. The number of ether oxygens (including phenoxy) is 2. The molecule has 0 bridgehead atoms. The van der Waals surface area contributed by atoms with Gasteiger partial charge in [-0.15, -0.1) is 0 Å². The molecule has 0 aliphatic rings. The summed E-state index contributed by atoms with van der Waals surface area (Å²) >= 11 is 0. The Hall–Kier alpha value is -4.22. The number of hydrogen-bond acceptors (Lipinski definition) is 5. The highest BCUT2D eigenvalue weighted by Gasteiger charge is 2.16. The fourth-order valence-electron chi connectivity index (χ4n) is 8.50. The van der Waals surface area contributed by atoms with Gasteiger partial charge in [-0.05, 0) is 116 Å². The molecule has 0 aromatic carbocycles. The van der Waals surface area contributed by atoms with Crippen LogP contribution in [0.3, 0.4) is 0 Å². The molecule has 0 aliphatic heterocycles. The van der Waals surface area contributed by atoms with Gasteiger partial charge in [-0.1, -0.05) is 288 Å². The minimum absolute atomic E-state index is 0.0804. The average Bonchev–Trinajstić information content (AvgIpc) is 3.42. The second-order valence-corrected chi connectivity index (χ2v) is 20.4. The Labute approximate surface area is 469 Å². The molecule has 0 aliphatic carbocycles. The van der Waals surface area contributed by atoms with Gasteiger partial charge in [-0.25, -0.2) is 0 Å². The number of aliphatic hydroxyl groups is 1. The van der Waals surface area contributed by atoms with E-state index in [4.69, 9.17) is 9.47 Å². The first-order chi connectivity index (χ1) is 37.6. The first kappa shape index (κ1) is 71.8. The fraction of sp³-hybridized carbons (Fsp3) is 0.634. The van der Waals surface area contributed by atoms with E-state index in [1.54, 1.807) is 0 Å². The minimum atomic E-state index is -0.793. The van der Waals surface area contributed by atoms with Crippen LogP contribution in [0.2, 0.25) is 0 Å². The van der Waals surface area contributed by atoms with Crippen LogP contribution in [-0.4, -0.2) is 36.4 Å². The Morgan fingerprint density at radius 2 is 0.526 bits per heavy atom. The molecular weight excluding hydrogens is 933 g/mol. The fourth-order valence-corrected chi connectivity index (χ4v) is 8.50. The maximum atomic E-state index is 12.3. The molecule has 0 amide bonds. The maximum absolute atomic E-state index is 12.3. The first-order valence-corrected chi connectivity index (χ1v) is 31.4. The lowest BCUT2D eigenvalue weighted by atomic mass is 10.0. The quantitative estimate of drug-likeness (QED) is 0.0373. The lowest BCUT2D eigenvalue weighted by Crippen LogP contribution is -2.28. The summed E-state index contributed by atoms with van der Waals surface area (Å²) in [6.07, 6.45) is 98.4. The molecule has 0 rings (SSSR count). The van der Waals surface area contributed by atoms with Crippen molar-refractivity contribution < 1.29 is 24.2 Å². The van der Waals surface area contributed by atoms with E-state index in [0.717, 1.165) is 135 Å². The van der Waals surface area contributed by atoms with Crippen molar-refractivity contribution in [2.75, 3.05) is 13.2 Å². The molecule has 5 nitrogen and oxygen atoms in total. The highest BCUT2D eigenvalue weighted by molar-refractivity contribution is 5.70. The predicted molar refractivity (Wildman–Crippen MR) is 334 cm³/mol. The third-order valence-electron chi connectivity index (χ3n) is 13.1. The van der Waals surface area contributed by atoms with Gasteiger partial charge in [-0.2, -0.15) is 0 Å². The monoisotopic (exact) mass is 1050 g/mol. The number of aliphatic hydroxyl groups excluding tert-OH is 1. The molecule has 76 heavy (non-hydrogen) atoms. The number of allylic oxidation sites excluding steroid dienone is 24. The van der Waals surface area contributed by atoms with Crippen molar-refractivity contribution in [1.29, 1.82) is 0 Å². The van der Waals surface area contributed by atoms with Gasteiger partial charge in [0.2, 0.25) is 0 Å². The molecule has 0 aromatic rings. The number of esters is 2. The van der Waals surface area contributed by atoms with Crippen LogP contribution in [0.1, 0.15) is 271 Å². The molecule has 0 fully saturated rings. The summed E-state index contributed by atoms with van der Waals surface area (Å²) in [6, 6.07) is 0. The molecular formula is C71H116O5. The van der Waals surface area contributed by atoms with Crippen LogP contribution in [0.25, 0.3) is 0 Å². The Bertz CT molecular complexity index is 1610. The van der Waals surface area contributed by atoms with Crippen molar-refractivity contribution in [3.05, 3.63) is 146 Å². The molecule has 5 heteroatoms. The van der Waals surface area contributed by atoms with Crippen molar-refractivity contribution in [3.8, 4) is 0 Å². The van der Waals surface area contributed by atoms with Crippen molar-refractivity contribution >= 4 is 11.9 Å². The summed E-state index contributed by atoms with van der Waals surface area (Å²) in [4.78, 5) is 24.6. The molecule has 0 radical (unpaired) electrons. The average molecular weight is 1050 g/mol. The third-order valence-corrected chi connectivity index (χ3v) is 13.1. The summed E-state index contributed by atoms with van der Waals surface area (Å²) in [5.74, 6) is -0.614. The van der Waals surface area contributed by atoms with E-state index in [9.17, 15) is 14.7 Å². The summed E-state index contributed by atoms with van der Waals surface area (Å²) < 4.78 is 10.7. The van der Waals surface area contributed by atoms with Gasteiger partial charge in [0.05, 0.1) is 6.61 Å². The molecule has 1 N–H and O–H groups in total. The van der Waals surface area contributed by atoms with E-state index in [1.165, 1.54) is 109 Å². The van der Waals surface area contributed by atoms with E-state index in [-0.39, 0.29) is 25.2 Å². The molecule has 1 unspecified atom stereocenters. The third kappa shape index (κ3) is 62.3. The number of hydrogen-bond donors (Lipinski definition) is 1. The van der Waals surface area contributed by atoms with Gasteiger partial charge < -0.3 is 14.6 Å². The molecule has 0 heterocycles. The standard InChI is InChI=1S/C71H116O5/c1-3-5-7-9-11-13-15-17-19-21-23-25-27-29-31-32-33-34-35-36-37-38-40-41-43-45-47-49-51-53-55-57-59-61-63-65-70(73)75-68-69(67-72)76-71(74)66-64-62-60-58-56-54-52-50-48-46-44-42-39-30-28-26-24-22-20-18-16-14-12-10-8-6-4-2/h5-8,11-14,17-20,23-26,29-31,39,44,46,50,52,69,72H,3-4,9-10,15-16,21-22,27-28,32-38,40-43,45,47-49,51,53-68H2,1-2H3/b7-5-,8-6-,13-11-,14-12-,19-17-,20-18-,25-23-,26-24-,31-29-,39-30-,46-44-,52-50-. The van der Waals surface area contributed by atoms with Gasteiger partial charge in [0.15, 0.2) is 6.10 Å². The minimum Gasteiger partial charge on any atom is -0.462 e. The number of carbonyl (C=O) groups is 2. The van der Waals surface area contributed by atoms with Crippen LogP contribution < -0.4 is 0 Å². The highest BCUT2D eigenvalue weighted by atomic mass is 16.6. The molecule has 0 spiro atoms. The van der Waals surface area contributed by atoms with Crippen molar-refractivity contribution in [1.82, 2.24) is 0 Å². The second-order valence-electron chi connectivity index (χ2n) is 20.4. The Balaban J connectivity index is 3.53. The Morgan fingerprint density at radius 3 is 0.789 bits per heavy atom. The van der Waals surface area contributed by atoms with Gasteiger partial charge in [0.25, 0.3) is 0 Å². The SMILES string of the molecule is CC/C=C\C/C=C\C/C=C\C/C=C\C/C=C\C/C=C\C/C=C\CCCCCCCC(=O)OC(CO)COC(=O)CCCCCCCCCCCCCCCCCCCCC/C=C\C/C=C\C/C=C\C/C=C\C/C=C\CC. The van der Waals surface area contributed by atoms with Crippen molar-refractivity contribution in [2.24, 2.45) is 0 Å².